The number of aryl methyl sites for hydroxylation is 1. The van der Waals surface area contributed by atoms with Crippen molar-refractivity contribution < 1.29 is 0 Å². The Bertz CT molecular complexity index is 565. The first-order chi connectivity index (χ1) is 8.69. The Morgan fingerprint density at radius 3 is 2.56 bits per heavy atom. The van der Waals surface area contributed by atoms with Crippen molar-refractivity contribution in [2.24, 2.45) is 5.73 Å². The normalized spacial score (nSPS) is 19.0. The van der Waals surface area contributed by atoms with Crippen molar-refractivity contribution in [3.63, 3.8) is 0 Å². The van der Waals surface area contributed by atoms with Crippen LogP contribution in [-0.4, -0.2) is 0 Å². The fourth-order valence-corrected chi connectivity index (χ4v) is 3.29. The maximum atomic E-state index is 6.68. The van der Waals surface area contributed by atoms with Crippen LogP contribution in [0.15, 0.2) is 36.4 Å². The van der Waals surface area contributed by atoms with E-state index in [0.29, 0.717) is 0 Å². The largest absolute Gasteiger partial charge is 0.321 e. The van der Waals surface area contributed by atoms with Gasteiger partial charge in [-0.25, -0.2) is 0 Å². The highest BCUT2D eigenvalue weighted by Gasteiger charge is 2.30. The second kappa shape index (κ2) is 4.40. The summed E-state index contributed by atoms with van der Waals surface area (Å²) in [6, 6.07) is 13.3. The molecule has 3 rings (SSSR count). The predicted molar refractivity (Wildman–Crippen MR) is 77.6 cm³/mol. The zero-order valence-electron chi connectivity index (χ0n) is 11.1. The van der Waals surface area contributed by atoms with Gasteiger partial charge in [0.2, 0.25) is 0 Å². The van der Waals surface area contributed by atoms with Gasteiger partial charge < -0.3 is 5.73 Å². The Labute approximate surface area is 109 Å². The van der Waals surface area contributed by atoms with Gasteiger partial charge in [-0.2, -0.15) is 0 Å². The molecule has 2 aromatic carbocycles. The van der Waals surface area contributed by atoms with Gasteiger partial charge in [0, 0.05) is 5.54 Å². The van der Waals surface area contributed by atoms with E-state index in [9.17, 15) is 0 Å². The Balaban J connectivity index is 2.16. The summed E-state index contributed by atoms with van der Waals surface area (Å²) < 4.78 is 0. The van der Waals surface area contributed by atoms with Crippen LogP contribution in [0, 0.1) is 6.92 Å². The first-order valence-corrected chi connectivity index (χ1v) is 6.98. The molecule has 1 heteroatoms. The quantitative estimate of drug-likeness (QED) is 0.790. The molecule has 2 aromatic rings. The fraction of sp³-hybridized carbons (Fsp3) is 0.412. The van der Waals surface area contributed by atoms with Crippen molar-refractivity contribution in [2.45, 2.75) is 44.6 Å². The van der Waals surface area contributed by atoms with Gasteiger partial charge in [-0.3, -0.25) is 0 Å². The second-order valence-corrected chi connectivity index (χ2v) is 5.75. The molecule has 0 heterocycles. The van der Waals surface area contributed by atoms with Crippen LogP contribution in [0.5, 0.6) is 0 Å². The Hall–Kier alpha value is -1.34. The SMILES string of the molecule is Cc1ccc2c(C3(N)CCCCC3)cccc2c1. The van der Waals surface area contributed by atoms with Gasteiger partial charge >= 0.3 is 0 Å². The van der Waals surface area contributed by atoms with Crippen molar-refractivity contribution in [3.05, 3.63) is 47.5 Å². The molecule has 18 heavy (non-hydrogen) atoms. The molecule has 0 saturated heterocycles. The van der Waals surface area contributed by atoms with Crippen molar-refractivity contribution in [3.8, 4) is 0 Å². The zero-order chi connectivity index (χ0) is 12.6. The van der Waals surface area contributed by atoms with Crippen LogP contribution in [0.4, 0.5) is 0 Å². The van der Waals surface area contributed by atoms with Gasteiger partial charge in [0.1, 0.15) is 0 Å². The molecule has 0 aliphatic heterocycles. The summed E-state index contributed by atoms with van der Waals surface area (Å²) in [7, 11) is 0. The molecule has 94 valence electrons. The average molecular weight is 239 g/mol. The van der Waals surface area contributed by atoms with Gasteiger partial charge in [0.15, 0.2) is 0 Å². The van der Waals surface area contributed by atoms with E-state index in [2.05, 4.69) is 43.3 Å². The Morgan fingerprint density at radius 1 is 1.00 bits per heavy atom. The lowest BCUT2D eigenvalue weighted by molar-refractivity contribution is 0.304. The van der Waals surface area contributed by atoms with E-state index in [1.54, 1.807) is 0 Å². The van der Waals surface area contributed by atoms with Gasteiger partial charge in [-0.15, -0.1) is 0 Å². The summed E-state index contributed by atoms with van der Waals surface area (Å²) in [5, 5.41) is 2.66. The van der Waals surface area contributed by atoms with Crippen LogP contribution in [0.3, 0.4) is 0 Å². The van der Waals surface area contributed by atoms with Crippen molar-refractivity contribution in [1.29, 1.82) is 0 Å². The lowest BCUT2D eigenvalue weighted by Crippen LogP contribution is -2.38. The van der Waals surface area contributed by atoms with E-state index in [4.69, 9.17) is 5.73 Å². The average Bonchev–Trinajstić information content (AvgIpc) is 2.38. The molecule has 1 aliphatic carbocycles. The van der Waals surface area contributed by atoms with E-state index in [1.165, 1.54) is 41.2 Å². The lowest BCUT2D eigenvalue weighted by atomic mass is 9.76. The summed E-state index contributed by atoms with van der Waals surface area (Å²) in [5.41, 5.74) is 9.24. The van der Waals surface area contributed by atoms with E-state index >= 15 is 0 Å². The van der Waals surface area contributed by atoms with Crippen LogP contribution in [0.2, 0.25) is 0 Å². The molecule has 1 saturated carbocycles. The molecule has 1 fully saturated rings. The third kappa shape index (κ3) is 1.93. The molecule has 0 aromatic heterocycles. The van der Waals surface area contributed by atoms with Gasteiger partial charge in [-0.1, -0.05) is 61.2 Å². The van der Waals surface area contributed by atoms with Crippen LogP contribution in [0.25, 0.3) is 10.8 Å². The maximum absolute atomic E-state index is 6.68. The second-order valence-electron chi connectivity index (χ2n) is 5.75. The highest BCUT2D eigenvalue weighted by molar-refractivity contribution is 5.87. The van der Waals surface area contributed by atoms with Gasteiger partial charge in [0.05, 0.1) is 0 Å². The summed E-state index contributed by atoms with van der Waals surface area (Å²) in [6.45, 7) is 2.14. The van der Waals surface area contributed by atoms with E-state index < -0.39 is 0 Å². The molecule has 1 nitrogen and oxygen atoms in total. The first kappa shape index (κ1) is 11.7. The van der Waals surface area contributed by atoms with E-state index in [-0.39, 0.29) is 5.54 Å². The third-order valence-electron chi connectivity index (χ3n) is 4.32. The topological polar surface area (TPSA) is 26.0 Å². The molecular weight excluding hydrogens is 218 g/mol. The number of hydrogen-bond acceptors (Lipinski definition) is 1. The predicted octanol–water partition coefficient (Wildman–Crippen LogP) is 4.27. The summed E-state index contributed by atoms with van der Waals surface area (Å²) >= 11 is 0. The summed E-state index contributed by atoms with van der Waals surface area (Å²) in [5.74, 6) is 0. The standard InChI is InChI=1S/C17H21N/c1-13-8-9-15-14(12-13)6-5-7-16(15)17(18)10-3-2-4-11-17/h5-9,12H,2-4,10-11,18H2,1H3. The van der Waals surface area contributed by atoms with Gasteiger partial charge in [-0.05, 0) is 36.1 Å². The molecule has 0 spiro atoms. The molecule has 0 atom stereocenters. The van der Waals surface area contributed by atoms with Crippen LogP contribution in [-0.2, 0) is 5.54 Å². The Morgan fingerprint density at radius 2 is 1.78 bits per heavy atom. The number of hydrogen-bond donors (Lipinski definition) is 1. The van der Waals surface area contributed by atoms with Crippen molar-refractivity contribution in [1.82, 2.24) is 0 Å². The van der Waals surface area contributed by atoms with E-state index in [1.807, 2.05) is 0 Å². The zero-order valence-corrected chi connectivity index (χ0v) is 11.1. The number of benzene rings is 2. The van der Waals surface area contributed by atoms with Crippen LogP contribution >= 0.6 is 0 Å². The minimum Gasteiger partial charge on any atom is -0.321 e. The van der Waals surface area contributed by atoms with Crippen molar-refractivity contribution >= 4 is 10.8 Å². The molecule has 0 amide bonds. The molecule has 1 aliphatic rings. The summed E-state index contributed by atoms with van der Waals surface area (Å²) in [6.07, 6.45) is 6.11. The van der Waals surface area contributed by atoms with E-state index in [0.717, 1.165) is 12.8 Å². The molecule has 2 N–H and O–H groups in total. The smallest absolute Gasteiger partial charge is 0.0415 e. The maximum Gasteiger partial charge on any atom is 0.0415 e. The highest BCUT2D eigenvalue weighted by Crippen LogP contribution is 2.38. The molecular formula is C17H21N. The van der Waals surface area contributed by atoms with Crippen LogP contribution < -0.4 is 5.73 Å². The van der Waals surface area contributed by atoms with Crippen LogP contribution in [0.1, 0.15) is 43.2 Å². The van der Waals surface area contributed by atoms with Gasteiger partial charge in [0.25, 0.3) is 0 Å². The minimum atomic E-state index is -0.104. The molecule has 0 radical (unpaired) electrons. The monoisotopic (exact) mass is 239 g/mol. The highest BCUT2D eigenvalue weighted by atomic mass is 14.7. The number of nitrogens with two attached hydrogens (primary N) is 1. The molecule has 0 unspecified atom stereocenters. The first-order valence-electron chi connectivity index (χ1n) is 6.98. The van der Waals surface area contributed by atoms with Crippen molar-refractivity contribution in [2.75, 3.05) is 0 Å². The fourth-order valence-electron chi connectivity index (χ4n) is 3.29. The number of fused-ring (bicyclic) bond motifs is 1. The summed E-state index contributed by atoms with van der Waals surface area (Å²) in [4.78, 5) is 0. The minimum absolute atomic E-state index is 0.104. The number of rotatable bonds is 1. The molecule has 0 bridgehead atoms. The third-order valence-corrected chi connectivity index (χ3v) is 4.32. The Kier molecular flexibility index (Phi) is 2.87. The lowest BCUT2D eigenvalue weighted by Gasteiger charge is -2.35.